The predicted molar refractivity (Wildman–Crippen MR) is 72.6 cm³/mol. The van der Waals surface area contributed by atoms with Gasteiger partial charge in [-0.2, -0.15) is 0 Å². The van der Waals surface area contributed by atoms with Gasteiger partial charge in [-0.1, -0.05) is 6.07 Å². The minimum absolute atomic E-state index is 0.718. The van der Waals surface area contributed by atoms with Crippen molar-refractivity contribution in [2.24, 2.45) is 0 Å². The van der Waals surface area contributed by atoms with Gasteiger partial charge in [-0.25, -0.2) is 4.98 Å². The van der Waals surface area contributed by atoms with Crippen LogP contribution in [0.3, 0.4) is 0 Å². The first-order valence-corrected chi connectivity index (χ1v) is 5.62. The van der Waals surface area contributed by atoms with Crippen molar-refractivity contribution in [3.05, 3.63) is 47.2 Å². The van der Waals surface area contributed by atoms with Crippen molar-refractivity contribution < 1.29 is 0 Å². The second kappa shape index (κ2) is 4.45. The minimum atomic E-state index is 0.718. The van der Waals surface area contributed by atoms with E-state index in [-0.39, 0.29) is 0 Å². The van der Waals surface area contributed by atoms with Crippen LogP contribution in [0.25, 0.3) is 0 Å². The fraction of sp³-hybridized carbons (Fsp3) is 0.214. The van der Waals surface area contributed by atoms with Crippen molar-refractivity contribution in [3.8, 4) is 0 Å². The number of anilines is 3. The minimum Gasteiger partial charge on any atom is -0.397 e. The lowest BCUT2D eigenvalue weighted by atomic mass is 10.1. The molecule has 1 heterocycles. The zero-order valence-electron chi connectivity index (χ0n) is 10.4. The molecule has 3 nitrogen and oxygen atoms in total. The molecular formula is C14H17N3. The van der Waals surface area contributed by atoms with E-state index in [9.17, 15) is 0 Å². The lowest BCUT2D eigenvalue weighted by molar-refractivity contribution is 1.27. The van der Waals surface area contributed by atoms with Crippen LogP contribution in [0.1, 0.15) is 16.7 Å². The fourth-order valence-corrected chi connectivity index (χ4v) is 1.83. The maximum absolute atomic E-state index is 5.74. The number of pyridine rings is 1. The molecule has 3 N–H and O–H groups in total. The van der Waals surface area contributed by atoms with E-state index in [0.29, 0.717) is 0 Å². The molecule has 0 aliphatic rings. The number of hydrogen-bond donors (Lipinski definition) is 2. The Morgan fingerprint density at radius 1 is 1.00 bits per heavy atom. The lowest BCUT2D eigenvalue weighted by Crippen LogP contribution is -1.97. The summed E-state index contributed by atoms with van der Waals surface area (Å²) in [4.78, 5) is 4.26. The summed E-state index contributed by atoms with van der Waals surface area (Å²) in [6.45, 7) is 6.14. The molecule has 2 aromatic rings. The Labute approximate surface area is 102 Å². The monoisotopic (exact) mass is 227 g/mol. The first-order chi connectivity index (χ1) is 8.04. The van der Waals surface area contributed by atoms with Gasteiger partial charge >= 0.3 is 0 Å². The van der Waals surface area contributed by atoms with Gasteiger partial charge in [0, 0.05) is 5.69 Å². The number of nitrogen functional groups attached to an aromatic ring is 1. The molecule has 1 aromatic heterocycles. The first kappa shape index (κ1) is 11.5. The molecule has 0 amide bonds. The lowest BCUT2D eigenvalue weighted by Gasteiger charge is -2.09. The molecule has 0 aliphatic carbocycles. The van der Waals surface area contributed by atoms with Crippen molar-refractivity contribution >= 4 is 17.2 Å². The van der Waals surface area contributed by atoms with Crippen LogP contribution in [0.15, 0.2) is 30.5 Å². The van der Waals surface area contributed by atoms with E-state index in [4.69, 9.17) is 5.73 Å². The third kappa shape index (κ3) is 2.75. The summed E-state index contributed by atoms with van der Waals surface area (Å²) in [5, 5.41) is 3.29. The van der Waals surface area contributed by atoms with E-state index < -0.39 is 0 Å². The third-order valence-electron chi connectivity index (χ3n) is 2.65. The van der Waals surface area contributed by atoms with Crippen LogP contribution in [0, 0.1) is 20.8 Å². The van der Waals surface area contributed by atoms with Crippen molar-refractivity contribution in [1.29, 1.82) is 0 Å². The number of hydrogen-bond acceptors (Lipinski definition) is 3. The van der Waals surface area contributed by atoms with Gasteiger partial charge < -0.3 is 11.1 Å². The van der Waals surface area contributed by atoms with Crippen molar-refractivity contribution in [1.82, 2.24) is 4.98 Å². The number of nitrogens with two attached hydrogens (primary N) is 1. The SMILES string of the molecule is Cc1cc(C)cc(Nc2cc(C)c(N)cn2)c1. The van der Waals surface area contributed by atoms with Gasteiger partial charge in [-0.15, -0.1) is 0 Å². The Morgan fingerprint density at radius 2 is 1.65 bits per heavy atom. The normalized spacial score (nSPS) is 10.3. The van der Waals surface area contributed by atoms with Crippen molar-refractivity contribution in [2.45, 2.75) is 20.8 Å². The van der Waals surface area contributed by atoms with Crippen LogP contribution in [-0.2, 0) is 0 Å². The van der Waals surface area contributed by atoms with E-state index in [0.717, 1.165) is 22.8 Å². The number of rotatable bonds is 2. The molecule has 88 valence electrons. The zero-order chi connectivity index (χ0) is 12.4. The summed E-state index contributed by atoms with van der Waals surface area (Å²) >= 11 is 0. The molecule has 1 aromatic carbocycles. The first-order valence-electron chi connectivity index (χ1n) is 5.62. The fourth-order valence-electron chi connectivity index (χ4n) is 1.83. The average Bonchev–Trinajstić information content (AvgIpc) is 2.22. The Balaban J connectivity index is 2.28. The number of nitrogens with one attached hydrogen (secondary N) is 1. The number of benzene rings is 1. The molecule has 3 heteroatoms. The summed E-state index contributed by atoms with van der Waals surface area (Å²) in [6, 6.07) is 8.29. The van der Waals surface area contributed by atoms with Crippen LogP contribution in [-0.4, -0.2) is 4.98 Å². The highest BCUT2D eigenvalue weighted by molar-refractivity contribution is 5.61. The molecule has 0 saturated heterocycles. The van der Waals surface area contributed by atoms with Crippen LogP contribution in [0.2, 0.25) is 0 Å². The molecule has 0 atom stereocenters. The van der Waals surface area contributed by atoms with Gasteiger partial charge in [0.1, 0.15) is 5.82 Å². The predicted octanol–water partition coefficient (Wildman–Crippen LogP) is 3.33. The highest BCUT2D eigenvalue weighted by Crippen LogP contribution is 2.20. The largest absolute Gasteiger partial charge is 0.397 e. The van der Waals surface area contributed by atoms with Gasteiger partial charge in [0.25, 0.3) is 0 Å². The highest BCUT2D eigenvalue weighted by Gasteiger charge is 2.00. The number of aryl methyl sites for hydroxylation is 3. The highest BCUT2D eigenvalue weighted by atomic mass is 15.0. The molecule has 0 fully saturated rings. The van der Waals surface area contributed by atoms with Gasteiger partial charge in [-0.3, -0.25) is 0 Å². The van der Waals surface area contributed by atoms with Crippen molar-refractivity contribution in [2.75, 3.05) is 11.1 Å². The van der Waals surface area contributed by atoms with Gasteiger partial charge in [0.15, 0.2) is 0 Å². The second-order valence-corrected chi connectivity index (χ2v) is 4.43. The smallest absolute Gasteiger partial charge is 0.130 e. The quantitative estimate of drug-likeness (QED) is 0.827. The Kier molecular flexibility index (Phi) is 3.00. The summed E-state index contributed by atoms with van der Waals surface area (Å²) < 4.78 is 0. The van der Waals surface area contributed by atoms with Crippen LogP contribution < -0.4 is 11.1 Å². The van der Waals surface area contributed by atoms with Gasteiger partial charge in [0.05, 0.1) is 11.9 Å². The molecular weight excluding hydrogens is 210 g/mol. The molecule has 0 aliphatic heterocycles. The molecule has 0 radical (unpaired) electrons. The topological polar surface area (TPSA) is 50.9 Å². The third-order valence-corrected chi connectivity index (χ3v) is 2.65. The van der Waals surface area contributed by atoms with Gasteiger partial charge in [0.2, 0.25) is 0 Å². The molecule has 0 unspecified atom stereocenters. The van der Waals surface area contributed by atoms with Crippen molar-refractivity contribution in [3.63, 3.8) is 0 Å². The van der Waals surface area contributed by atoms with E-state index in [1.54, 1.807) is 6.20 Å². The maximum Gasteiger partial charge on any atom is 0.130 e. The van der Waals surface area contributed by atoms with Gasteiger partial charge in [-0.05, 0) is 55.7 Å². The maximum atomic E-state index is 5.74. The average molecular weight is 227 g/mol. The Morgan fingerprint density at radius 3 is 2.24 bits per heavy atom. The van der Waals surface area contributed by atoms with E-state index in [1.807, 2.05) is 13.0 Å². The van der Waals surface area contributed by atoms with E-state index >= 15 is 0 Å². The standard InChI is InChI=1S/C14H17N3/c1-9-4-10(2)6-12(5-9)17-14-7-11(3)13(15)8-16-14/h4-8H,15H2,1-3H3,(H,16,17). The Hall–Kier alpha value is -2.03. The molecule has 17 heavy (non-hydrogen) atoms. The molecule has 0 saturated carbocycles. The van der Waals surface area contributed by atoms with Crippen LogP contribution in [0.5, 0.6) is 0 Å². The zero-order valence-corrected chi connectivity index (χ0v) is 10.4. The molecule has 0 spiro atoms. The number of aromatic nitrogens is 1. The summed E-state index contributed by atoms with van der Waals surface area (Å²) in [7, 11) is 0. The second-order valence-electron chi connectivity index (χ2n) is 4.43. The molecule has 0 bridgehead atoms. The summed E-state index contributed by atoms with van der Waals surface area (Å²) in [5.41, 5.74) is 11.0. The van der Waals surface area contributed by atoms with E-state index in [2.05, 4.69) is 42.3 Å². The molecule has 2 rings (SSSR count). The summed E-state index contributed by atoms with van der Waals surface area (Å²) in [5.74, 6) is 0.821. The van der Waals surface area contributed by atoms with Crippen LogP contribution >= 0.6 is 0 Å². The summed E-state index contributed by atoms with van der Waals surface area (Å²) in [6.07, 6.45) is 1.68. The number of nitrogens with zero attached hydrogens (tertiary/aromatic N) is 1. The Bertz CT molecular complexity index is 527. The van der Waals surface area contributed by atoms with E-state index in [1.165, 1.54) is 11.1 Å². The van der Waals surface area contributed by atoms with Crippen LogP contribution in [0.4, 0.5) is 17.2 Å².